The number of hydrogen-bond acceptors (Lipinski definition) is 5. The first kappa shape index (κ1) is 15.3. The molecule has 1 aliphatic heterocycles. The molecule has 0 bridgehead atoms. The summed E-state index contributed by atoms with van der Waals surface area (Å²) in [5.74, 6) is -1.20. The van der Waals surface area contributed by atoms with Crippen LogP contribution >= 0.6 is 0 Å². The summed E-state index contributed by atoms with van der Waals surface area (Å²) >= 11 is 0. The molecule has 1 N–H and O–H groups in total. The van der Waals surface area contributed by atoms with E-state index in [1.807, 2.05) is 0 Å². The largest absolute Gasteiger partial charge is 0.466 e. The summed E-state index contributed by atoms with van der Waals surface area (Å²) in [4.78, 5) is 36.0. The second kappa shape index (κ2) is 6.96. The van der Waals surface area contributed by atoms with Crippen LogP contribution in [-0.2, 0) is 19.1 Å². The molecule has 0 aromatic heterocycles. The fourth-order valence-corrected chi connectivity index (χ4v) is 2.06. The first-order chi connectivity index (χ1) is 8.99. The smallest absolute Gasteiger partial charge is 0.409 e. The van der Waals surface area contributed by atoms with Crippen molar-refractivity contribution in [2.45, 2.75) is 26.8 Å². The summed E-state index contributed by atoms with van der Waals surface area (Å²) in [7, 11) is 0. The molecule has 1 aliphatic rings. The van der Waals surface area contributed by atoms with Crippen molar-refractivity contribution in [1.29, 1.82) is 0 Å². The van der Waals surface area contributed by atoms with Gasteiger partial charge in [0.25, 0.3) is 0 Å². The van der Waals surface area contributed by atoms with Gasteiger partial charge in [-0.1, -0.05) is 0 Å². The van der Waals surface area contributed by atoms with Gasteiger partial charge in [0.1, 0.15) is 0 Å². The van der Waals surface area contributed by atoms with E-state index in [1.165, 1.54) is 11.8 Å². The van der Waals surface area contributed by atoms with Crippen LogP contribution in [0.1, 0.15) is 20.8 Å². The predicted molar refractivity (Wildman–Crippen MR) is 66.3 cm³/mol. The van der Waals surface area contributed by atoms with E-state index in [1.54, 1.807) is 13.8 Å². The lowest BCUT2D eigenvalue weighted by molar-refractivity contribution is -0.148. The molecule has 0 aromatic carbocycles. The number of ether oxygens (including phenoxy) is 2. The van der Waals surface area contributed by atoms with Crippen molar-refractivity contribution in [3.05, 3.63) is 0 Å². The molecule has 2 atom stereocenters. The molecule has 0 unspecified atom stereocenters. The van der Waals surface area contributed by atoms with Crippen LogP contribution in [0.25, 0.3) is 0 Å². The van der Waals surface area contributed by atoms with Crippen molar-refractivity contribution in [3.8, 4) is 0 Å². The van der Waals surface area contributed by atoms with E-state index in [2.05, 4.69) is 5.32 Å². The second-order valence-electron chi connectivity index (χ2n) is 4.27. The van der Waals surface area contributed by atoms with Gasteiger partial charge in [0, 0.05) is 20.0 Å². The number of esters is 1. The van der Waals surface area contributed by atoms with Crippen LogP contribution in [0.15, 0.2) is 0 Å². The number of carbonyl (C=O) groups excluding carboxylic acids is 3. The van der Waals surface area contributed by atoms with E-state index in [0.29, 0.717) is 0 Å². The van der Waals surface area contributed by atoms with Crippen molar-refractivity contribution in [3.63, 3.8) is 0 Å². The Kier molecular flexibility index (Phi) is 5.59. The fraction of sp³-hybridized carbons (Fsp3) is 0.750. The number of amides is 2. The second-order valence-corrected chi connectivity index (χ2v) is 4.27. The molecular formula is C12H20N2O5. The molecule has 0 spiro atoms. The van der Waals surface area contributed by atoms with Gasteiger partial charge in [0.05, 0.1) is 25.2 Å². The highest BCUT2D eigenvalue weighted by molar-refractivity contribution is 5.79. The zero-order valence-corrected chi connectivity index (χ0v) is 11.5. The average Bonchev–Trinajstić information content (AvgIpc) is 2.73. The predicted octanol–water partition coefficient (Wildman–Crippen LogP) is 0.143. The zero-order chi connectivity index (χ0) is 14.4. The Bertz CT molecular complexity index is 358. The van der Waals surface area contributed by atoms with Gasteiger partial charge in [-0.2, -0.15) is 0 Å². The third-order valence-corrected chi connectivity index (χ3v) is 2.82. The van der Waals surface area contributed by atoms with E-state index in [4.69, 9.17) is 9.47 Å². The van der Waals surface area contributed by atoms with Crippen molar-refractivity contribution >= 4 is 18.0 Å². The molecule has 19 heavy (non-hydrogen) atoms. The Labute approximate surface area is 112 Å². The van der Waals surface area contributed by atoms with Gasteiger partial charge in [-0.3, -0.25) is 9.59 Å². The van der Waals surface area contributed by atoms with Gasteiger partial charge in [-0.15, -0.1) is 0 Å². The number of likely N-dealkylation sites (tertiary alicyclic amines) is 1. The summed E-state index contributed by atoms with van der Waals surface area (Å²) in [5, 5.41) is 2.67. The lowest BCUT2D eigenvalue weighted by Crippen LogP contribution is -2.42. The number of carbonyl (C=O) groups is 3. The Morgan fingerprint density at radius 3 is 2.32 bits per heavy atom. The lowest BCUT2D eigenvalue weighted by atomic mass is 10.0. The molecule has 108 valence electrons. The Morgan fingerprint density at radius 1 is 1.16 bits per heavy atom. The molecule has 0 saturated carbocycles. The average molecular weight is 272 g/mol. The van der Waals surface area contributed by atoms with E-state index in [-0.39, 0.29) is 32.2 Å². The summed E-state index contributed by atoms with van der Waals surface area (Å²) in [6, 6.07) is -0.430. The maximum absolute atomic E-state index is 11.8. The lowest BCUT2D eigenvalue weighted by Gasteiger charge is -2.16. The highest BCUT2D eigenvalue weighted by atomic mass is 16.6. The van der Waals surface area contributed by atoms with Gasteiger partial charge in [0.2, 0.25) is 5.91 Å². The first-order valence-electron chi connectivity index (χ1n) is 6.35. The van der Waals surface area contributed by atoms with Crippen molar-refractivity contribution < 1.29 is 23.9 Å². The van der Waals surface area contributed by atoms with Crippen LogP contribution in [0, 0.1) is 5.92 Å². The minimum atomic E-state index is -0.548. The Balaban J connectivity index is 2.72. The van der Waals surface area contributed by atoms with Crippen molar-refractivity contribution in [2.24, 2.45) is 5.92 Å². The molecule has 1 heterocycles. The minimum absolute atomic E-state index is 0.197. The molecule has 2 amide bonds. The molecule has 0 aliphatic carbocycles. The third kappa shape index (κ3) is 4.11. The standard InChI is InChI=1S/C12H20N2O5/c1-4-18-11(16)9-6-14(12(17)19-5-2)7-10(9)13-8(3)15/h9-10H,4-7H2,1-3H3,(H,13,15)/t9-,10+/m0/s1. The summed E-state index contributed by atoms with van der Waals surface area (Å²) in [6.45, 7) is 5.77. The van der Waals surface area contributed by atoms with Crippen LogP contribution in [0.3, 0.4) is 0 Å². The number of rotatable bonds is 4. The van der Waals surface area contributed by atoms with Crippen molar-refractivity contribution in [2.75, 3.05) is 26.3 Å². The zero-order valence-electron chi connectivity index (χ0n) is 11.5. The minimum Gasteiger partial charge on any atom is -0.466 e. The Morgan fingerprint density at radius 2 is 1.79 bits per heavy atom. The van der Waals surface area contributed by atoms with Crippen LogP contribution in [-0.4, -0.2) is 55.2 Å². The van der Waals surface area contributed by atoms with Gasteiger partial charge in [-0.05, 0) is 13.8 Å². The quantitative estimate of drug-likeness (QED) is 0.736. The first-order valence-corrected chi connectivity index (χ1v) is 6.35. The topological polar surface area (TPSA) is 84.9 Å². The molecule has 0 aromatic rings. The van der Waals surface area contributed by atoms with E-state index < -0.39 is 24.0 Å². The Hall–Kier alpha value is -1.79. The molecular weight excluding hydrogens is 252 g/mol. The number of nitrogens with zero attached hydrogens (tertiary/aromatic N) is 1. The molecule has 0 radical (unpaired) electrons. The SMILES string of the molecule is CCOC(=O)[C@H]1CN(C(=O)OCC)C[C@H]1NC(C)=O. The highest BCUT2D eigenvalue weighted by Gasteiger charge is 2.41. The third-order valence-electron chi connectivity index (χ3n) is 2.82. The molecule has 7 nitrogen and oxygen atoms in total. The number of nitrogens with one attached hydrogen (secondary N) is 1. The van der Waals surface area contributed by atoms with E-state index in [9.17, 15) is 14.4 Å². The normalized spacial score (nSPS) is 21.9. The molecule has 1 rings (SSSR count). The summed E-state index contributed by atoms with van der Waals surface area (Å²) < 4.78 is 9.85. The monoisotopic (exact) mass is 272 g/mol. The molecule has 7 heteroatoms. The van der Waals surface area contributed by atoms with E-state index >= 15 is 0 Å². The van der Waals surface area contributed by atoms with Crippen LogP contribution < -0.4 is 5.32 Å². The van der Waals surface area contributed by atoms with Crippen LogP contribution in [0.4, 0.5) is 4.79 Å². The summed E-state index contributed by atoms with van der Waals surface area (Å²) in [5.41, 5.74) is 0. The van der Waals surface area contributed by atoms with Gasteiger partial charge < -0.3 is 19.7 Å². The maximum atomic E-state index is 11.8. The van der Waals surface area contributed by atoms with Gasteiger partial charge in [-0.25, -0.2) is 4.79 Å². The van der Waals surface area contributed by atoms with Gasteiger partial charge >= 0.3 is 12.1 Å². The van der Waals surface area contributed by atoms with Gasteiger partial charge in [0.15, 0.2) is 0 Å². The summed E-state index contributed by atoms with van der Waals surface area (Å²) in [6.07, 6.45) is -0.482. The molecule has 1 fully saturated rings. The number of hydrogen-bond donors (Lipinski definition) is 1. The van der Waals surface area contributed by atoms with Crippen LogP contribution in [0.2, 0.25) is 0 Å². The maximum Gasteiger partial charge on any atom is 0.409 e. The van der Waals surface area contributed by atoms with Crippen LogP contribution in [0.5, 0.6) is 0 Å². The fourth-order valence-electron chi connectivity index (χ4n) is 2.06. The van der Waals surface area contributed by atoms with E-state index in [0.717, 1.165) is 0 Å². The molecule has 1 saturated heterocycles. The van der Waals surface area contributed by atoms with Crippen molar-refractivity contribution in [1.82, 2.24) is 10.2 Å². The highest BCUT2D eigenvalue weighted by Crippen LogP contribution is 2.19.